The van der Waals surface area contributed by atoms with Crippen LogP contribution in [0, 0.1) is 11.9 Å². The summed E-state index contributed by atoms with van der Waals surface area (Å²) in [4.78, 5) is 9.28. The molecule has 1 heterocycles. The number of aromatic nitrogens is 2. The van der Waals surface area contributed by atoms with E-state index >= 15 is 0 Å². The summed E-state index contributed by atoms with van der Waals surface area (Å²) in [6.07, 6.45) is 1.24. The van der Waals surface area contributed by atoms with Crippen molar-refractivity contribution in [3.8, 4) is 0 Å². The first-order chi connectivity index (χ1) is 6.09. The van der Waals surface area contributed by atoms with Crippen LogP contribution in [0.15, 0.2) is 12.4 Å². The number of nitrogens with zero attached hydrogens (tertiary/aromatic N) is 3. The van der Waals surface area contributed by atoms with E-state index in [4.69, 9.17) is 0 Å². The van der Waals surface area contributed by atoms with Crippen molar-refractivity contribution in [3.63, 3.8) is 0 Å². The van der Waals surface area contributed by atoms with E-state index in [1.165, 1.54) is 12.4 Å². The monoisotopic (exact) mass is 183 g/mol. The number of hydrogen-bond donors (Lipinski definition) is 0. The maximum atomic E-state index is 12.7. The molecule has 0 aromatic carbocycles. The third-order valence-corrected chi connectivity index (χ3v) is 1.65. The van der Waals surface area contributed by atoms with E-state index in [-0.39, 0.29) is 0 Å². The SMILES string of the molecule is CC(C)CN(C)c1cc(F)ncn1. The van der Waals surface area contributed by atoms with Crippen LogP contribution in [0.25, 0.3) is 0 Å². The fourth-order valence-electron chi connectivity index (χ4n) is 1.17. The van der Waals surface area contributed by atoms with E-state index in [1.54, 1.807) is 0 Å². The van der Waals surface area contributed by atoms with Gasteiger partial charge in [-0.2, -0.15) is 4.39 Å². The Bertz CT molecular complexity index is 275. The molecule has 0 spiro atoms. The zero-order chi connectivity index (χ0) is 9.84. The first-order valence-electron chi connectivity index (χ1n) is 4.28. The first kappa shape index (κ1) is 9.89. The molecule has 0 radical (unpaired) electrons. The zero-order valence-electron chi connectivity index (χ0n) is 8.16. The van der Waals surface area contributed by atoms with Crippen LogP contribution in [0.4, 0.5) is 10.2 Å². The van der Waals surface area contributed by atoms with Crippen molar-refractivity contribution < 1.29 is 4.39 Å². The van der Waals surface area contributed by atoms with Gasteiger partial charge in [-0.05, 0) is 5.92 Å². The van der Waals surface area contributed by atoms with E-state index in [9.17, 15) is 4.39 Å². The summed E-state index contributed by atoms with van der Waals surface area (Å²) < 4.78 is 12.7. The van der Waals surface area contributed by atoms with Gasteiger partial charge in [0.05, 0.1) is 0 Å². The molecule has 0 fully saturated rings. The predicted octanol–water partition coefficient (Wildman–Crippen LogP) is 1.71. The standard InChI is InChI=1S/C9H14FN3/c1-7(2)5-13(3)9-4-8(10)11-6-12-9/h4,6-7H,5H2,1-3H3. The van der Waals surface area contributed by atoms with Gasteiger partial charge in [-0.3, -0.25) is 0 Å². The summed E-state index contributed by atoms with van der Waals surface area (Å²) in [5.41, 5.74) is 0. The van der Waals surface area contributed by atoms with Gasteiger partial charge in [0.2, 0.25) is 5.95 Å². The van der Waals surface area contributed by atoms with Gasteiger partial charge in [0.15, 0.2) is 0 Å². The van der Waals surface area contributed by atoms with E-state index in [0.29, 0.717) is 11.7 Å². The van der Waals surface area contributed by atoms with Gasteiger partial charge in [-0.25, -0.2) is 9.97 Å². The molecule has 1 rings (SSSR count). The smallest absolute Gasteiger partial charge is 0.218 e. The lowest BCUT2D eigenvalue weighted by molar-refractivity contribution is 0.575. The van der Waals surface area contributed by atoms with Crippen LogP contribution in [0.5, 0.6) is 0 Å². The lowest BCUT2D eigenvalue weighted by Gasteiger charge is -2.19. The third kappa shape index (κ3) is 2.97. The highest BCUT2D eigenvalue weighted by molar-refractivity contribution is 5.35. The molecule has 0 unspecified atom stereocenters. The largest absolute Gasteiger partial charge is 0.359 e. The van der Waals surface area contributed by atoms with Gasteiger partial charge in [-0.1, -0.05) is 13.8 Å². The molecule has 0 aliphatic rings. The lowest BCUT2D eigenvalue weighted by Crippen LogP contribution is -2.23. The minimum absolute atomic E-state index is 0.486. The Morgan fingerprint density at radius 2 is 2.15 bits per heavy atom. The van der Waals surface area contributed by atoms with Gasteiger partial charge in [-0.15, -0.1) is 0 Å². The molecule has 72 valence electrons. The molecule has 0 aliphatic carbocycles. The Morgan fingerprint density at radius 1 is 1.46 bits per heavy atom. The Balaban J connectivity index is 2.71. The first-order valence-corrected chi connectivity index (χ1v) is 4.28. The topological polar surface area (TPSA) is 29.0 Å². The maximum Gasteiger partial charge on any atom is 0.218 e. The zero-order valence-corrected chi connectivity index (χ0v) is 8.16. The fourth-order valence-corrected chi connectivity index (χ4v) is 1.17. The fraction of sp³-hybridized carbons (Fsp3) is 0.556. The Hall–Kier alpha value is -1.19. The molecule has 4 heteroatoms. The summed E-state index contributed by atoms with van der Waals surface area (Å²) in [6.45, 7) is 5.07. The molecule has 0 aliphatic heterocycles. The molecule has 13 heavy (non-hydrogen) atoms. The van der Waals surface area contributed by atoms with Crippen molar-refractivity contribution in [3.05, 3.63) is 18.3 Å². The van der Waals surface area contributed by atoms with Crippen molar-refractivity contribution in [1.82, 2.24) is 9.97 Å². The Morgan fingerprint density at radius 3 is 2.69 bits per heavy atom. The van der Waals surface area contributed by atoms with Crippen molar-refractivity contribution in [1.29, 1.82) is 0 Å². The molecule has 0 N–H and O–H groups in total. The second kappa shape index (κ2) is 4.16. The highest BCUT2D eigenvalue weighted by Crippen LogP contribution is 2.09. The Kier molecular flexibility index (Phi) is 3.17. The molecular formula is C9H14FN3. The lowest BCUT2D eigenvalue weighted by atomic mass is 10.2. The molecule has 0 bridgehead atoms. The average Bonchev–Trinajstić information content (AvgIpc) is 2.03. The quantitative estimate of drug-likeness (QED) is 0.668. The van der Waals surface area contributed by atoms with E-state index in [2.05, 4.69) is 23.8 Å². The van der Waals surface area contributed by atoms with Crippen LogP contribution in [0.2, 0.25) is 0 Å². The summed E-state index contributed by atoms with van der Waals surface area (Å²) in [5.74, 6) is 0.671. The maximum absolute atomic E-state index is 12.7. The molecule has 0 saturated carbocycles. The van der Waals surface area contributed by atoms with Crippen molar-refractivity contribution >= 4 is 5.82 Å². The molecule has 0 saturated heterocycles. The average molecular weight is 183 g/mol. The van der Waals surface area contributed by atoms with E-state index in [0.717, 1.165) is 6.54 Å². The van der Waals surface area contributed by atoms with Crippen LogP contribution < -0.4 is 4.90 Å². The third-order valence-electron chi connectivity index (χ3n) is 1.65. The van der Waals surface area contributed by atoms with Gasteiger partial charge < -0.3 is 4.90 Å². The van der Waals surface area contributed by atoms with E-state index in [1.807, 2.05) is 11.9 Å². The van der Waals surface area contributed by atoms with Crippen molar-refractivity contribution in [2.45, 2.75) is 13.8 Å². The van der Waals surface area contributed by atoms with Crippen LogP contribution in [-0.4, -0.2) is 23.6 Å². The molecule has 3 nitrogen and oxygen atoms in total. The number of halogens is 1. The number of hydrogen-bond acceptors (Lipinski definition) is 3. The number of rotatable bonds is 3. The normalized spacial score (nSPS) is 10.5. The van der Waals surface area contributed by atoms with Crippen LogP contribution in [-0.2, 0) is 0 Å². The second-order valence-electron chi connectivity index (χ2n) is 3.47. The number of anilines is 1. The van der Waals surface area contributed by atoms with Crippen molar-refractivity contribution in [2.75, 3.05) is 18.5 Å². The summed E-state index contributed by atoms with van der Waals surface area (Å²) in [5, 5.41) is 0. The molecule has 1 aromatic rings. The van der Waals surface area contributed by atoms with Gasteiger partial charge >= 0.3 is 0 Å². The highest BCUT2D eigenvalue weighted by Gasteiger charge is 2.05. The minimum Gasteiger partial charge on any atom is -0.359 e. The van der Waals surface area contributed by atoms with Crippen LogP contribution in [0.3, 0.4) is 0 Å². The van der Waals surface area contributed by atoms with Gasteiger partial charge in [0, 0.05) is 19.7 Å². The minimum atomic E-state index is -0.486. The van der Waals surface area contributed by atoms with Crippen LogP contribution >= 0.6 is 0 Å². The molecule has 1 aromatic heterocycles. The van der Waals surface area contributed by atoms with Gasteiger partial charge in [0.1, 0.15) is 12.1 Å². The summed E-state index contributed by atoms with van der Waals surface area (Å²) in [6, 6.07) is 1.34. The van der Waals surface area contributed by atoms with Crippen molar-refractivity contribution in [2.24, 2.45) is 5.92 Å². The van der Waals surface area contributed by atoms with Gasteiger partial charge in [0.25, 0.3) is 0 Å². The second-order valence-corrected chi connectivity index (χ2v) is 3.47. The Labute approximate surface area is 77.6 Å². The van der Waals surface area contributed by atoms with E-state index < -0.39 is 5.95 Å². The highest BCUT2D eigenvalue weighted by atomic mass is 19.1. The summed E-state index contributed by atoms with van der Waals surface area (Å²) in [7, 11) is 1.89. The molecule has 0 atom stereocenters. The van der Waals surface area contributed by atoms with Crippen LogP contribution in [0.1, 0.15) is 13.8 Å². The summed E-state index contributed by atoms with van der Waals surface area (Å²) >= 11 is 0. The molecule has 0 amide bonds. The predicted molar refractivity (Wildman–Crippen MR) is 50.1 cm³/mol. The molecular weight excluding hydrogens is 169 g/mol.